The van der Waals surface area contributed by atoms with Gasteiger partial charge in [-0.25, -0.2) is 0 Å². The minimum absolute atomic E-state index is 0.204. The average molecular weight is 199 g/mol. The van der Waals surface area contributed by atoms with Gasteiger partial charge in [0.15, 0.2) is 5.78 Å². The summed E-state index contributed by atoms with van der Waals surface area (Å²) in [6.07, 6.45) is 0.204. The molecule has 3 heteroatoms. The Hall–Kier alpha value is -0.860. The number of aryl methyl sites for hydroxylation is 1. The van der Waals surface area contributed by atoms with Gasteiger partial charge >= 0.3 is 0 Å². The molecule has 70 valence electrons. The number of aliphatic hydroxyl groups excluding tert-OH is 1. The first-order valence-corrected chi connectivity index (χ1v) is 4.39. The number of carbonyl (C=O) groups excluding carboxylic acids is 1. The maximum Gasteiger partial charge on any atom is 0.162 e. The van der Waals surface area contributed by atoms with Crippen LogP contribution in [0.4, 0.5) is 0 Å². The molecule has 1 aromatic rings. The van der Waals surface area contributed by atoms with Crippen LogP contribution in [0.2, 0.25) is 5.02 Å². The monoisotopic (exact) mass is 198 g/mol. The third kappa shape index (κ3) is 2.83. The Morgan fingerprint density at radius 1 is 1.54 bits per heavy atom. The number of hydrogen-bond donors (Lipinski definition) is 1. The number of benzene rings is 1. The lowest BCUT2D eigenvalue weighted by Crippen LogP contribution is -2.07. The van der Waals surface area contributed by atoms with Crippen molar-refractivity contribution < 1.29 is 9.90 Å². The number of Topliss-reactive ketones (excluding diaryl/α,β-unsaturated/α-hetero) is 1. The molecule has 1 aromatic carbocycles. The second kappa shape index (κ2) is 4.40. The highest BCUT2D eigenvalue weighted by atomic mass is 35.5. The van der Waals surface area contributed by atoms with E-state index in [1.54, 1.807) is 0 Å². The van der Waals surface area contributed by atoms with E-state index in [1.807, 2.05) is 25.1 Å². The van der Waals surface area contributed by atoms with Gasteiger partial charge in [-0.15, -0.1) is 0 Å². The van der Waals surface area contributed by atoms with E-state index in [0.29, 0.717) is 5.02 Å². The summed E-state index contributed by atoms with van der Waals surface area (Å²) in [6.45, 7) is 1.51. The van der Waals surface area contributed by atoms with E-state index in [9.17, 15) is 4.79 Å². The molecule has 0 aliphatic heterocycles. The highest BCUT2D eigenvalue weighted by Gasteiger charge is 2.05. The van der Waals surface area contributed by atoms with Crippen LogP contribution in [0.15, 0.2) is 18.2 Å². The normalized spacial score (nSPS) is 10.1. The fourth-order valence-electron chi connectivity index (χ4n) is 1.06. The summed E-state index contributed by atoms with van der Waals surface area (Å²) in [7, 11) is 0. The molecule has 0 radical (unpaired) electrons. The molecule has 0 saturated carbocycles. The van der Waals surface area contributed by atoms with Crippen LogP contribution in [-0.4, -0.2) is 17.5 Å². The van der Waals surface area contributed by atoms with Crippen LogP contribution in [-0.2, 0) is 11.2 Å². The minimum Gasteiger partial charge on any atom is -0.389 e. The lowest BCUT2D eigenvalue weighted by Gasteiger charge is -2.02. The van der Waals surface area contributed by atoms with Crippen molar-refractivity contribution in [2.24, 2.45) is 0 Å². The Labute approximate surface area is 82.2 Å². The molecule has 0 heterocycles. The van der Waals surface area contributed by atoms with E-state index in [-0.39, 0.29) is 12.2 Å². The lowest BCUT2D eigenvalue weighted by atomic mass is 10.1. The van der Waals surface area contributed by atoms with Crippen molar-refractivity contribution >= 4 is 17.4 Å². The van der Waals surface area contributed by atoms with E-state index in [2.05, 4.69) is 0 Å². The van der Waals surface area contributed by atoms with E-state index >= 15 is 0 Å². The first kappa shape index (κ1) is 10.2. The van der Waals surface area contributed by atoms with Crippen molar-refractivity contribution in [3.8, 4) is 0 Å². The summed E-state index contributed by atoms with van der Waals surface area (Å²) >= 11 is 5.90. The third-order valence-electron chi connectivity index (χ3n) is 1.77. The number of halogens is 1. The molecule has 0 aromatic heterocycles. The summed E-state index contributed by atoms with van der Waals surface area (Å²) in [6, 6.07) is 5.51. The molecule has 13 heavy (non-hydrogen) atoms. The molecule has 0 aliphatic rings. The number of hydrogen-bond acceptors (Lipinski definition) is 2. The van der Waals surface area contributed by atoms with Gasteiger partial charge in [-0.1, -0.05) is 23.7 Å². The molecule has 2 nitrogen and oxygen atoms in total. The maximum absolute atomic E-state index is 10.9. The van der Waals surface area contributed by atoms with Gasteiger partial charge in [0.05, 0.1) is 0 Å². The first-order valence-electron chi connectivity index (χ1n) is 4.01. The fourth-order valence-corrected chi connectivity index (χ4v) is 1.37. The molecule has 0 unspecified atom stereocenters. The van der Waals surface area contributed by atoms with Crippen LogP contribution >= 0.6 is 11.6 Å². The van der Waals surface area contributed by atoms with E-state index in [1.165, 1.54) is 0 Å². The summed E-state index contributed by atoms with van der Waals surface area (Å²) in [5.41, 5.74) is 1.83. The zero-order valence-electron chi connectivity index (χ0n) is 7.38. The standard InChI is InChI=1S/C10H11ClO2/c1-7-2-3-8(10(11)4-7)5-9(13)6-12/h2-4,12H,5-6H2,1H3. The van der Waals surface area contributed by atoms with E-state index in [4.69, 9.17) is 16.7 Å². The van der Waals surface area contributed by atoms with Gasteiger partial charge in [-0.05, 0) is 24.1 Å². The quantitative estimate of drug-likeness (QED) is 0.804. The van der Waals surface area contributed by atoms with E-state index in [0.717, 1.165) is 11.1 Å². The number of carbonyl (C=O) groups is 1. The van der Waals surface area contributed by atoms with Crippen LogP contribution in [0.3, 0.4) is 0 Å². The highest BCUT2D eigenvalue weighted by molar-refractivity contribution is 6.31. The largest absolute Gasteiger partial charge is 0.389 e. The maximum atomic E-state index is 10.9. The fraction of sp³-hybridized carbons (Fsp3) is 0.300. The topological polar surface area (TPSA) is 37.3 Å². The van der Waals surface area contributed by atoms with Gasteiger partial charge in [0.1, 0.15) is 6.61 Å². The van der Waals surface area contributed by atoms with Gasteiger partial charge in [0, 0.05) is 11.4 Å². The molecule has 0 spiro atoms. The third-order valence-corrected chi connectivity index (χ3v) is 2.12. The molecule has 0 saturated heterocycles. The molecule has 1 N–H and O–H groups in total. The number of ketones is 1. The average Bonchev–Trinajstić information content (AvgIpc) is 2.09. The Morgan fingerprint density at radius 3 is 2.77 bits per heavy atom. The second-order valence-electron chi connectivity index (χ2n) is 2.97. The van der Waals surface area contributed by atoms with Crippen molar-refractivity contribution in [1.29, 1.82) is 0 Å². The molecule has 0 aliphatic carbocycles. The van der Waals surface area contributed by atoms with E-state index < -0.39 is 6.61 Å². The number of rotatable bonds is 3. The predicted octanol–water partition coefficient (Wildman–Crippen LogP) is 1.75. The predicted molar refractivity (Wildman–Crippen MR) is 52.0 cm³/mol. The van der Waals surface area contributed by atoms with Gasteiger partial charge < -0.3 is 5.11 Å². The van der Waals surface area contributed by atoms with Crippen molar-refractivity contribution in [3.05, 3.63) is 34.3 Å². The summed E-state index contributed by atoms with van der Waals surface area (Å²) in [4.78, 5) is 10.9. The van der Waals surface area contributed by atoms with Crippen LogP contribution in [0.5, 0.6) is 0 Å². The summed E-state index contributed by atoms with van der Waals surface area (Å²) < 4.78 is 0. The Kier molecular flexibility index (Phi) is 3.46. The van der Waals surface area contributed by atoms with Crippen LogP contribution in [0.1, 0.15) is 11.1 Å². The Bertz CT molecular complexity index is 321. The van der Waals surface area contributed by atoms with Gasteiger partial charge in [-0.2, -0.15) is 0 Å². The van der Waals surface area contributed by atoms with Crippen molar-refractivity contribution in [1.82, 2.24) is 0 Å². The van der Waals surface area contributed by atoms with Crippen LogP contribution in [0.25, 0.3) is 0 Å². The summed E-state index contributed by atoms with van der Waals surface area (Å²) in [5.74, 6) is -0.217. The van der Waals surface area contributed by atoms with Crippen LogP contribution in [0, 0.1) is 6.92 Å². The van der Waals surface area contributed by atoms with Gasteiger partial charge in [-0.3, -0.25) is 4.79 Å². The Morgan fingerprint density at radius 2 is 2.23 bits per heavy atom. The van der Waals surface area contributed by atoms with Crippen molar-refractivity contribution in [2.45, 2.75) is 13.3 Å². The van der Waals surface area contributed by atoms with Crippen LogP contribution < -0.4 is 0 Å². The molecule has 0 amide bonds. The second-order valence-corrected chi connectivity index (χ2v) is 3.38. The zero-order chi connectivity index (χ0) is 9.84. The lowest BCUT2D eigenvalue weighted by molar-refractivity contribution is -0.121. The molecule has 0 fully saturated rings. The minimum atomic E-state index is -0.426. The molecule has 1 rings (SSSR count). The van der Waals surface area contributed by atoms with Crippen molar-refractivity contribution in [3.63, 3.8) is 0 Å². The molecule has 0 atom stereocenters. The van der Waals surface area contributed by atoms with Crippen molar-refractivity contribution in [2.75, 3.05) is 6.61 Å². The smallest absolute Gasteiger partial charge is 0.162 e. The summed E-state index contributed by atoms with van der Waals surface area (Å²) in [5, 5.41) is 9.13. The van der Waals surface area contributed by atoms with Gasteiger partial charge in [0.2, 0.25) is 0 Å². The number of aliphatic hydroxyl groups is 1. The van der Waals surface area contributed by atoms with Gasteiger partial charge in [0.25, 0.3) is 0 Å². The SMILES string of the molecule is Cc1ccc(CC(=O)CO)c(Cl)c1. The highest BCUT2D eigenvalue weighted by Crippen LogP contribution is 2.17. The molecular formula is C10H11ClO2. The zero-order valence-corrected chi connectivity index (χ0v) is 8.14. The first-order chi connectivity index (χ1) is 6.13. The molecular weight excluding hydrogens is 188 g/mol. The molecule has 0 bridgehead atoms. The Balaban J connectivity index is 2.83.